The Bertz CT molecular complexity index is 441. The highest BCUT2D eigenvalue weighted by Gasteiger charge is 2.26. The number of imidazole rings is 1. The summed E-state index contributed by atoms with van der Waals surface area (Å²) < 4.78 is 1.98. The molecule has 2 atom stereocenters. The maximum Gasteiger partial charge on any atom is 0.243 e. The fourth-order valence-corrected chi connectivity index (χ4v) is 2.45. The van der Waals surface area contributed by atoms with Crippen LogP contribution in [-0.2, 0) is 4.79 Å². The van der Waals surface area contributed by atoms with Gasteiger partial charge in [0.25, 0.3) is 0 Å². The Morgan fingerprint density at radius 1 is 1.58 bits per heavy atom. The summed E-state index contributed by atoms with van der Waals surface area (Å²) in [7, 11) is 0. The Balaban J connectivity index is 2.13. The number of carbonyl (C=O) groups excluding carboxylic acids is 1. The molecule has 1 aromatic heterocycles. The van der Waals surface area contributed by atoms with Crippen molar-refractivity contribution in [2.45, 2.75) is 58.2 Å². The van der Waals surface area contributed by atoms with E-state index in [2.05, 4.69) is 15.6 Å². The summed E-state index contributed by atoms with van der Waals surface area (Å²) in [5, 5.41) is 6.47. The van der Waals surface area contributed by atoms with Crippen LogP contribution in [0.3, 0.4) is 0 Å². The molecule has 5 heteroatoms. The van der Waals surface area contributed by atoms with Crippen molar-refractivity contribution in [1.82, 2.24) is 20.2 Å². The highest BCUT2D eigenvalue weighted by molar-refractivity contribution is 5.80. The van der Waals surface area contributed by atoms with Gasteiger partial charge in [-0.1, -0.05) is 0 Å². The van der Waals surface area contributed by atoms with Crippen LogP contribution in [0.25, 0.3) is 0 Å². The van der Waals surface area contributed by atoms with Crippen LogP contribution in [0.15, 0.2) is 12.5 Å². The highest BCUT2D eigenvalue weighted by atomic mass is 16.2. The quantitative estimate of drug-likeness (QED) is 0.875. The number of carbonyl (C=O) groups is 1. The van der Waals surface area contributed by atoms with Gasteiger partial charge in [0.05, 0.1) is 12.0 Å². The molecule has 1 saturated heterocycles. The van der Waals surface area contributed by atoms with E-state index in [1.165, 1.54) is 6.42 Å². The fourth-order valence-electron chi connectivity index (χ4n) is 2.45. The van der Waals surface area contributed by atoms with Gasteiger partial charge >= 0.3 is 0 Å². The molecule has 1 aliphatic heterocycles. The van der Waals surface area contributed by atoms with Crippen molar-refractivity contribution in [3.05, 3.63) is 18.2 Å². The van der Waals surface area contributed by atoms with E-state index in [1.54, 1.807) is 6.33 Å². The van der Waals surface area contributed by atoms with Crippen molar-refractivity contribution in [3.63, 3.8) is 0 Å². The average Bonchev–Trinajstić information content (AvgIpc) is 2.96. The third-order valence-electron chi connectivity index (χ3n) is 3.41. The molecule has 2 heterocycles. The Labute approximate surface area is 114 Å². The van der Waals surface area contributed by atoms with E-state index in [0.717, 1.165) is 18.7 Å². The summed E-state index contributed by atoms with van der Waals surface area (Å²) in [5.41, 5.74) is 0.895. The number of nitrogens with one attached hydrogen (secondary N) is 2. The third-order valence-corrected chi connectivity index (χ3v) is 3.41. The van der Waals surface area contributed by atoms with E-state index in [0.29, 0.717) is 6.04 Å². The van der Waals surface area contributed by atoms with Crippen molar-refractivity contribution in [2.24, 2.45) is 0 Å². The first-order chi connectivity index (χ1) is 8.88. The van der Waals surface area contributed by atoms with E-state index in [4.69, 9.17) is 0 Å². The van der Waals surface area contributed by atoms with E-state index in [-0.39, 0.29) is 17.5 Å². The Morgan fingerprint density at radius 2 is 2.32 bits per heavy atom. The van der Waals surface area contributed by atoms with Gasteiger partial charge in [-0.05, 0) is 47.1 Å². The molecule has 0 spiro atoms. The smallest absolute Gasteiger partial charge is 0.243 e. The van der Waals surface area contributed by atoms with Gasteiger partial charge in [-0.15, -0.1) is 0 Å². The molecule has 2 unspecified atom stereocenters. The van der Waals surface area contributed by atoms with Gasteiger partial charge in [-0.25, -0.2) is 4.98 Å². The van der Waals surface area contributed by atoms with Gasteiger partial charge in [-0.2, -0.15) is 0 Å². The molecule has 0 saturated carbocycles. The van der Waals surface area contributed by atoms with Crippen molar-refractivity contribution in [2.75, 3.05) is 6.54 Å². The second-order valence-corrected chi connectivity index (χ2v) is 6.29. The standard InChI is InChI=1S/C14H24N4O/c1-10(13(19)17-14(2,3)4)18-9-15-8-12(18)11-6-5-7-16-11/h8-11,16H,5-7H2,1-4H3,(H,17,19). The SMILES string of the molecule is CC(C(=O)NC(C)(C)C)n1cncc1C1CCCN1. The van der Waals surface area contributed by atoms with Gasteiger partial charge in [0.15, 0.2) is 0 Å². The largest absolute Gasteiger partial charge is 0.350 e. The topological polar surface area (TPSA) is 59.0 Å². The molecule has 0 aliphatic carbocycles. The van der Waals surface area contributed by atoms with Crippen molar-refractivity contribution < 1.29 is 4.79 Å². The summed E-state index contributed by atoms with van der Waals surface area (Å²) in [4.78, 5) is 16.5. The Morgan fingerprint density at radius 3 is 2.89 bits per heavy atom. The fraction of sp³-hybridized carbons (Fsp3) is 0.714. The van der Waals surface area contributed by atoms with Crippen LogP contribution in [0.1, 0.15) is 58.3 Å². The lowest BCUT2D eigenvalue weighted by molar-refractivity contribution is -0.125. The number of nitrogens with zero attached hydrogens (tertiary/aromatic N) is 2. The van der Waals surface area contributed by atoms with Gasteiger partial charge in [0.2, 0.25) is 5.91 Å². The van der Waals surface area contributed by atoms with Crippen LogP contribution < -0.4 is 10.6 Å². The summed E-state index contributed by atoms with van der Waals surface area (Å²) in [6.07, 6.45) is 5.91. The molecule has 2 N–H and O–H groups in total. The molecular weight excluding hydrogens is 240 g/mol. The predicted molar refractivity (Wildman–Crippen MR) is 74.8 cm³/mol. The average molecular weight is 264 g/mol. The third kappa shape index (κ3) is 3.35. The van der Waals surface area contributed by atoms with E-state index in [1.807, 2.05) is 38.5 Å². The first-order valence-electron chi connectivity index (χ1n) is 6.95. The molecule has 2 rings (SSSR count). The minimum Gasteiger partial charge on any atom is -0.350 e. The molecule has 0 aromatic carbocycles. The highest BCUT2D eigenvalue weighted by Crippen LogP contribution is 2.25. The molecule has 1 aromatic rings. The zero-order chi connectivity index (χ0) is 14.0. The van der Waals surface area contributed by atoms with Crippen molar-refractivity contribution in [3.8, 4) is 0 Å². The molecule has 106 valence electrons. The molecule has 1 amide bonds. The molecule has 5 nitrogen and oxygen atoms in total. The van der Waals surface area contributed by atoms with Crippen molar-refractivity contribution >= 4 is 5.91 Å². The normalized spacial score (nSPS) is 21.4. The number of aromatic nitrogens is 2. The lowest BCUT2D eigenvalue weighted by atomic mass is 10.1. The van der Waals surface area contributed by atoms with Crippen LogP contribution in [0.5, 0.6) is 0 Å². The zero-order valence-electron chi connectivity index (χ0n) is 12.2. The molecule has 1 aliphatic rings. The van der Waals surface area contributed by atoms with Gasteiger partial charge in [0, 0.05) is 17.8 Å². The number of rotatable bonds is 3. The van der Waals surface area contributed by atoms with Crippen LogP contribution in [0.2, 0.25) is 0 Å². The number of amides is 1. The second kappa shape index (κ2) is 5.33. The summed E-state index contributed by atoms with van der Waals surface area (Å²) in [6.45, 7) is 8.93. The van der Waals surface area contributed by atoms with Crippen LogP contribution in [-0.4, -0.2) is 27.5 Å². The minimum atomic E-state index is -0.237. The van der Waals surface area contributed by atoms with Crippen LogP contribution in [0.4, 0.5) is 0 Å². The molecule has 0 bridgehead atoms. The number of hydrogen-bond donors (Lipinski definition) is 2. The van der Waals surface area contributed by atoms with Gasteiger partial charge < -0.3 is 15.2 Å². The molecular formula is C14H24N4O. The van der Waals surface area contributed by atoms with Crippen LogP contribution >= 0.6 is 0 Å². The van der Waals surface area contributed by atoms with Crippen molar-refractivity contribution in [1.29, 1.82) is 0 Å². The maximum absolute atomic E-state index is 12.2. The van der Waals surface area contributed by atoms with Gasteiger partial charge in [-0.3, -0.25) is 4.79 Å². The minimum absolute atomic E-state index is 0.0322. The lowest BCUT2D eigenvalue weighted by Crippen LogP contribution is -2.44. The Kier molecular flexibility index (Phi) is 3.94. The predicted octanol–water partition coefficient (Wildman–Crippen LogP) is 1.78. The summed E-state index contributed by atoms with van der Waals surface area (Å²) >= 11 is 0. The van der Waals surface area contributed by atoms with E-state index < -0.39 is 0 Å². The summed E-state index contributed by atoms with van der Waals surface area (Å²) in [5.74, 6) is 0.0322. The maximum atomic E-state index is 12.2. The Hall–Kier alpha value is -1.36. The van der Waals surface area contributed by atoms with E-state index in [9.17, 15) is 4.79 Å². The molecule has 0 radical (unpaired) electrons. The monoisotopic (exact) mass is 264 g/mol. The first-order valence-corrected chi connectivity index (χ1v) is 6.95. The zero-order valence-corrected chi connectivity index (χ0v) is 12.2. The first kappa shape index (κ1) is 14.1. The second-order valence-electron chi connectivity index (χ2n) is 6.29. The molecule has 1 fully saturated rings. The summed E-state index contributed by atoms with van der Waals surface area (Å²) in [6, 6.07) is 0.0894. The molecule has 19 heavy (non-hydrogen) atoms. The van der Waals surface area contributed by atoms with Gasteiger partial charge in [0.1, 0.15) is 6.04 Å². The lowest BCUT2D eigenvalue weighted by Gasteiger charge is -2.25. The van der Waals surface area contributed by atoms with Crippen LogP contribution in [0, 0.1) is 0 Å². The van der Waals surface area contributed by atoms with E-state index >= 15 is 0 Å². The number of hydrogen-bond acceptors (Lipinski definition) is 3.